The van der Waals surface area contributed by atoms with Gasteiger partial charge in [0.25, 0.3) is 0 Å². The highest BCUT2D eigenvalue weighted by molar-refractivity contribution is 9.10. The lowest BCUT2D eigenvalue weighted by Gasteiger charge is -2.06. The van der Waals surface area contributed by atoms with E-state index in [-0.39, 0.29) is 6.03 Å². The molecular weight excluding hydrogens is 366 g/mol. The molecule has 0 saturated heterocycles. The summed E-state index contributed by atoms with van der Waals surface area (Å²) >= 11 is 3.39. The molecule has 1 heterocycles. The number of anilines is 1. The van der Waals surface area contributed by atoms with Gasteiger partial charge in [-0.05, 0) is 43.2 Å². The third kappa shape index (κ3) is 3.67. The molecule has 0 aliphatic rings. The van der Waals surface area contributed by atoms with E-state index in [2.05, 4.69) is 33.3 Å². The third-order valence-corrected chi connectivity index (χ3v) is 4.50. The van der Waals surface area contributed by atoms with Crippen LogP contribution in [0.4, 0.5) is 10.5 Å². The Hall–Kier alpha value is -2.14. The molecule has 1 N–H and O–H groups in total. The lowest BCUT2D eigenvalue weighted by atomic mass is 10.1. The van der Waals surface area contributed by atoms with Crippen LogP contribution >= 0.6 is 15.9 Å². The summed E-state index contributed by atoms with van der Waals surface area (Å²) in [5.41, 5.74) is 2.58. The van der Waals surface area contributed by atoms with E-state index in [4.69, 9.17) is 0 Å². The second-order valence-electron chi connectivity index (χ2n) is 5.77. The molecule has 0 radical (unpaired) electrons. The topological polar surface area (TPSA) is 46.9 Å². The van der Waals surface area contributed by atoms with Crippen LogP contribution in [0.1, 0.15) is 31.9 Å². The maximum Gasteiger partial charge on any atom is 0.347 e. The number of aromatic nitrogens is 2. The highest BCUT2D eigenvalue weighted by atomic mass is 79.9. The smallest absolute Gasteiger partial charge is 0.306 e. The van der Waals surface area contributed by atoms with Crippen LogP contribution < -0.4 is 5.32 Å². The van der Waals surface area contributed by atoms with E-state index >= 15 is 0 Å². The summed E-state index contributed by atoms with van der Waals surface area (Å²) in [5.74, 6) is 0. The van der Waals surface area contributed by atoms with Crippen molar-refractivity contribution in [3.63, 3.8) is 0 Å². The molecule has 0 fully saturated rings. The molecule has 3 rings (SSSR count). The minimum absolute atomic E-state index is 0.240. The number of aryl methyl sites for hydroxylation is 1. The molecule has 0 aliphatic carbocycles. The van der Waals surface area contributed by atoms with Gasteiger partial charge in [0.2, 0.25) is 0 Å². The van der Waals surface area contributed by atoms with Crippen molar-refractivity contribution in [2.45, 2.75) is 32.6 Å². The molecule has 4 nitrogen and oxygen atoms in total. The fourth-order valence-electron chi connectivity index (χ4n) is 2.72. The van der Waals surface area contributed by atoms with Gasteiger partial charge < -0.3 is 5.32 Å². The summed E-state index contributed by atoms with van der Waals surface area (Å²) in [5, 5.41) is 8.52. The number of nitrogens with zero attached hydrogens (tertiary/aromatic N) is 2. The average molecular weight is 386 g/mol. The number of benzene rings is 2. The van der Waals surface area contributed by atoms with Crippen molar-refractivity contribution >= 4 is 38.6 Å². The zero-order valence-electron chi connectivity index (χ0n) is 13.6. The number of fused-ring (bicyclic) bond motifs is 1. The maximum atomic E-state index is 12.6. The monoisotopic (exact) mass is 385 g/mol. The number of unbranched alkanes of at least 4 members (excludes halogenated alkanes) is 2. The number of carbonyl (C=O) groups is 1. The summed E-state index contributed by atoms with van der Waals surface area (Å²) < 4.78 is 2.45. The molecular formula is C19H20BrN3O. The Morgan fingerprint density at radius 2 is 1.88 bits per heavy atom. The van der Waals surface area contributed by atoms with Crippen LogP contribution in [0.5, 0.6) is 0 Å². The van der Waals surface area contributed by atoms with Gasteiger partial charge in [0, 0.05) is 15.5 Å². The van der Waals surface area contributed by atoms with Crippen molar-refractivity contribution in [2.24, 2.45) is 0 Å². The van der Waals surface area contributed by atoms with Gasteiger partial charge in [-0.25, -0.2) is 4.79 Å². The molecule has 0 atom stereocenters. The van der Waals surface area contributed by atoms with E-state index in [9.17, 15) is 4.79 Å². The molecule has 5 heteroatoms. The van der Waals surface area contributed by atoms with Crippen LogP contribution in [0.3, 0.4) is 0 Å². The van der Waals surface area contributed by atoms with Gasteiger partial charge in [0.1, 0.15) is 0 Å². The highest BCUT2D eigenvalue weighted by Crippen LogP contribution is 2.21. The van der Waals surface area contributed by atoms with Gasteiger partial charge in [-0.2, -0.15) is 9.78 Å². The summed E-state index contributed by atoms with van der Waals surface area (Å²) in [7, 11) is 0. The summed E-state index contributed by atoms with van der Waals surface area (Å²) in [6, 6.07) is 15.2. The molecule has 1 amide bonds. The lowest BCUT2D eigenvalue weighted by molar-refractivity contribution is 0.251. The number of hydrogen-bond acceptors (Lipinski definition) is 2. The van der Waals surface area contributed by atoms with Crippen LogP contribution in [0, 0.1) is 0 Å². The number of carbonyl (C=O) groups excluding carboxylic acids is 1. The number of nitrogens with one attached hydrogen (secondary N) is 1. The molecule has 1 aromatic heterocycles. The van der Waals surface area contributed by atoms with E-state index < -0.39 is 0 Å². The van der Waals surface area contributed by atoms with Crippen molar-refractivity contribution in [2.75, 3.05) is 5.32 Å². The molecule has 124 valence electrons. The standard InChI is InChI=1S/C19H20BrN3O/c1-2-3-4-8-17-16-7-5-6-9-18(16)23(22-17)19(24)21-15-12-10-14(20)11-13-15/h5-7,9-13H,2-4,8H2,1H3,(H,21,24). The van der Waals surface area contributed by atoms with Gasteiger partial charge in [-0.15, -0.1) is 0 Å². The second-order valence-corrected chi connectivity index (χ2v) is 6.69. The fraction of sp³-hybridized carbons (Fsp3) is 0.263. The van der Waals surface area contributed by atoms with Gasteiger partial charge in [-0.3, -0.25) is 0 Å². The normalized spacial score (nSPS) is 10.9. The van der Waals surface area contributed by atoms with Crippen LogP contribution in [0.2, 0.25) is 0 Å². The van der Waals surface area contributed by atoms with Gasteiger partial charge in [-0.1, -0.05) is 53.9 Å². The van der Waals surface area contributed by atoms with Crippen molar-refractivity contribution in [1.82, 2.24) is 9.78 Å². The molecule has 0 spiro atoms. The number of hydrogen-bond donors (Lipinski definition) is 1. The Bertz CT molecular complexity index is 839. The molecule has 2 aromatic carbocycles. The highest BCUT2D eigenvalue weighted by Gasteiger charge is 2.15. The van der Waals surface area contributed by atoms with Crippen molar-refractivity contribution < 1.29 is 4.79 Å². The molecule has 0 unspecified atom stereocenters. The molecule has 24 heavy (non-hydrogen) atoms. The first-order valence-corrected chi connectivity index (χ1v) is 9.02. The van der Waals surface area contributed by atoms with Gasteiger partial charge in [0.05, 0.1) is 11.2 Å². The Morgan fingerprint density at radius 1 is 1.12 bits per heavy atom. The first kappa shape index (κ1) is 16.7. The largest absolute Gasteiger partial charge is 0.347 e. The molecule has 0 aliphatic heterocycles. The summed E-state index contributed by atoms with van der Waals surface area (Å²) in [6.45, 7) is 2.18. The summed E-state index contributed by atoms with van der Waals surface area (Å²) in [4.78, 5) is 12.6. The average Bonchev–Trinajstić information content (AvgIpc) is 2.96. The lowest BCUT2D eigenvalue weighted by Crippen LogP contribution is -2.20. The first-order valence-electron chi connectivity index (χ1n) is 8.22. The molecule has 3 aromatic rings. The minimum atomic E-state index is -0.240. The molecule has 0 saturated carbocycles. The van der Waals surface area contributed by atoms with E-state index in [1.54, 1.807) is 0 Å². The zero-order valence-corrected chi connectivity index (χ0v) is 15.2. The predicted octanol–water partition coefficient (Wildman–Crippen LogP) is 5.61. The van der Waals surface area contributed by atoms with Crippen LogP contribution in [0.25, 0.3) is 10.9 Å². The van der Waals surface area contributed by atoms with Crippen molar-refractivity contribution in [3.05, 3.63) is 58.7 Å². The van der Waals surface area contributed by atoms with E-state index in [1.807, 2.05) is 48.5 Å². The van der Waals surface area contributed by atoms with Crippen molar-refractivity contribution in [3.8, 4) is 0 Å². The van der Waals surface area contributed by atoms with Gasteiger partial charge >= 0.3 is 6.03 Å². The number of amides is 1. The first-order chi connectivity index (χ1) is 11.7. The number of halogens is 1. The Morgan fingerprint density at radius 3 is 2.62 bits per heavy atom. The van der Waals surface area contributed by atoms with Crippen LogP contribution in [0.15, 0.2) is 53.0 Å². The second kappa shape index (κ2) is 7.62. The maximum absolute atomic E-state index is 12.6. The number of rotatable bonds is 5. The molecule has 0 bridgehead atoms. The minimum Gasteiger partial charge on any atom is -0.306 e. The Kier molecular flexibility index (Phi) is 5.30. The number of para-hydroxylation sites is 1. The quantitative estimate of drug-likeness (QED) is 0.579. The summed E-state index contributed by atoms with van der Waals surface area (Å²) in [6.07, 6.45) is 4.33. The SMILES string of the molecule is CCCCCc1nn(C(=O)Nc2ccc(Br)cc2)c2ccccc12. The van der Waals surface area contributed by atoms with Crippen LogP contribution in [-0.4, -0.2) is 15.8 Å². The van der Waals surface area contributed by atoms with Crippen LogP contribution in [-0.2, 0) is 6.42 Å². The Balaban J connectivity index is 1.87. The zero-order chi connectivity index (χ0) is 16.9. The van der Waals surface area contributed by atoms with E-state index in [0.717, 1.165) is 39.6 Å². The fourth-order valence-corrected chi connectivity index (χ4v) is 2.99. The van der Waals surface area contributed by atoms with Gasteiger partial charge in [0.15, 0.2) is 0 Å². The van der Waals surface area contributed by atoms with E-state index in [0.29, 0.717) is 0 Å². The van der Waals surface area contributed by atoms with Crippen molar-refractivity contribution in [1.29, 1.82) is 0 Å². The predicted molar refractivity (Wildman–Crippen MR) is 102 cm³/mol. The Labute approximate surface area is 150 Å². The third-order valence-electron chi connectivity index (χ3n) is 3.97. The van der Waals surface area contributed by atoms with E-state index in [1.165, 1.54) is 17.5 Å².